The highest BCUT2D eigenvalue weighted by Crippen LogP contribution is 2.23. The summed E-state index contributed by atoms with van der Waals surface area (Å²) in [4.78, 5) is 16.5. The zero-order valence-electron chi connectivity index (χ0n) is 7.91. The van der Waals surface area contributed by atoms with E-state index >= 15 is 0 Å². The third kappa shape index (κ3) is 2.90. The summed E-state index contributed by atoms with van der Waals surface area (Å²) in [5.41, 5.74) is 0. The van der Waals surface area contributed by atoms with Crippen molar-refractivity contribution in [1.29, 1.82) is 0 Å². The number of hydrogen-bond acceptors (Lipinski definition) is 3. The highest BCUT2D eigenvalue weighted by Gasteiger charge is 2.09. The van der Waals surface area contributed by atoms with E-state index in [9.17, 15) is 4.79 Å². The summed E-state index contributed by atoms with van der Waals surface area (Å²) in [5, 5.41) is 2.72. The van der Waals surface area contributed by atoms with E-state index in [0.717, 1.165) is 8.26 Å². The van der Waals surface area contributed by atoms with Crippen LogP contribution in [-0.4, -0.2) is 10.9 Å². The second-order valence-electron chi connectivity index (χ2n) is 2.92. The molecular formula is C10H6Br2N2OS. The molecule has 0 spiro atoms. The Balaban J connectivity index is 2.13. The lowest BCUT2D eigenvalue weighted by atomic mass is 10.4. The number of carbonyl (C=O) groups excluding carboxylic acids is 1. The second-order valence-corrected chi connectivity index (χ2v) is 6.30. The van der Waals surface area contributed by atoms with Crippen molar-refractivity contribution in [2.75, 3.05) is 5.32 Å². The maximum atomic E-state index is 11.8. The van der Waals surface area contributed by atoms with Crippen molar-refractivity contribution in [2.45, 2.75) is 0 Å². The lowest BCUT2D eigenvalue weighted by molar-refractivity contribution is 0.103. The van der Waals surface area contributed by atoms with Gasteiger partial charge in [-0.3, -0.25) is 4.79 Å². The largest absolute Gasteiger partial charge is 0.306 e. The summed E-state index contributed by atoms with van der Waals surface area (Å²) in [6, 6.07) is 7.16. The highest BCUT2D eigenvalue weighted by atomic mass is 79.9. The molecule has 0 fully saturated rings. The Kier molecular flexibility index (Phi) is 3.73. The van der Waals surface area contributed by atoms with Crippen molar-refractivity contribution in [3.8, 4) is 0 Å². The van der Waals surface area contributed by atoms with E-state index in [0.29, 0.717) is 10.7 Å². The summed E-state index contributed by atoms with van der Waals surface area (Å²) in [6.07, 6.45) is 1.63. The van der Waals surface area contributed by atoms with Gasteiger partial charge in [0.1, 0.15) is 5.82 Å². The van der Waals surface area contributed by atoms with Gasteiger partial charge >= 0.3 is 0 Å². The molecule has 1 N–H and O–H groups in total. The zero-order valence-corrected chi connectivity index (χ0v) is 11.9. The van der Waals surface area contributed by atoms with Gasteiger partial charge in [0.05, 0.1) is 8.66 Å². The van der Waals surface area contributed by atoms with Crippen molar-refractivity contribution in [1.82, 2.24) is 4.98 Å². The van der Waals surface area contributed by atoms with E-state index in [-0.39, 0.29) is 5.91 Å². The monoisotopic (exact) mass is 360 g/mol. The van der Waals surface area contributed by atoms with Gasteiger partial charge < -0.3 is 5.32 Å². The Morgan fingerprint density at radius 2 is 2.12 bits per heavy atom. The molecule has 1 amide bonds. The number of aromatic nitrogens is 1. The minimum atomic E-state index is -0.152. The maximum Gasteiger partial charge on any atom is 0.266 e. The van der Waals surface area contributed by atoms with Crippen LogP contribution in [0.4, 0.5) is 5.82 Å². The van der Waals surface area contributed by atoms with Crippen LogP contribution in [0.15, 0.2) is 38.7 Å². The first-order valence-corrected chi connectivity index (χ1v) is 6.73. The third-order valence-electron chi connectivity index (χ3n) is 1.76. The maximum absolute atomic E-state index is 11.8. The van der Waals surface area contributed by atoms with Crippen LogP contribution in [0.2, 0.25) is 0 Å². The number of hydrogen-bond donors (Lipinski definition) is 1. The first kappa shape index (κ1) is 11.8. The minimum Gasteiger partial charge on any atom is -0.306 e. The Morgan fingerprint density at radius 3 is 2.75 bits per heavy atom. The van der Waals surface area contributed by atoms with Crippen molar-refractivity contribution in [3.05, 3.63) is 43.6 Å². The van der Waals surface area contributed by atoms with Gasteiger partial charge in [0, 0.05) is 10.7 Å². The van der Waals surface area contributed by atoms with Crippen molar-refractivity contribution >= 4 is 54.9 Å². The van der Waals surface area contributed by atoms with Crippen LogP contribution in [0.25, 0.3) is 0 Å². The van der Waals surface area contributed by atoms with E-state index in [1.807, 2.05) is 6.07 Å². The van der Waals surface area contributed by atoms with Gasteiger partial charge in [-0.05, 0) is 40.2 Å². The molecule has 0 aliphatic rings. The zero-order chi connectivity index (χ0) is 11.5. The smallest absolute Gasteiger partial charge is 0.266 e. The number of nitrogens with one attached hydrogen (secondary N) is 1. The standard InChI is InChI=1S/C10H6Br2N2OS/c11-6-3-4-13-9(5-6)14-10(15)7-1-2-8(12)16-7/h1-5H,(H,13,14,15). The van der Waals surface area contributed by atoms with Crippen LogP contribution < -0.4 is 5.32 Å². The summed E-state index contributed by atoms with van der Waals surface area (Å²) < 4.78 is 1.81. The molecule has 0 aliphatic carbocycles. The van der Waals surface area contributed by atoms with Gasteiger partial charge in [-0.2, -0.15) is 0 Å². The van der Waals surface area contributed by atoms with Crippen molar-refractivity contribution in [3.63, 3.8) is 0 Å². The van der Waals surface area contributed by atoms with E-state index in [2.05, 4.69) is 42.2 Å². The molecule has 6 heteroatoms. The summed E-state index contributed by atoms with van der Waals surface area (Å²) in [6.45, 7) is 0. The number of thiophene rings is 1. The Labute approximate surface area is 113 Å². The second kappa shape index (κ2) is 5.07. The molecule has 0 unspecified atom stereocenters. The summed E-state index contributed by atoms with van der Waals surface area (Å²) in [7, 11) is 0. The molecule has 2 aromatic rings. The molecule has 2 aromatic heterocycles. The molecular weight excluding hydrogens is 356 g/mol. The first-order valence-electron chi connectivity index (χ1n) is 4.33. The predicted molar refractivity (Wildman–Crippen MR) is 71.9 cm³/mol. The molecule has 0 aliphatic heterocycles. The lowest BCUT2D eigenvalue weighted by Gasteiger charge is -2.02. The molecule has 2 rings (SSSR count). The topological polar surface area (TPSA) is 42.0 Å². The van der Waals surface area contributed by atoms with E-state index in [1.54, 1.807) is 24.4 Å². The van der Waals surface area contributed by atoms with Crippen LogP contribution >= 0.6 is 43.2 Å². The summed E-state index contributed by atoms with van der Waals surface area (Å²) >= 11 is 8.01. The number of anilines is 1. The number of amides is 1. The lowest BCUT2D eigenvalue weighted by Crippen LogP contribution is -2.11. The van der Waals surface area contributed by atoms with Crippen LogP contribution in [0.5, 0.6) is 0 Å². The number of carbonyl (C=O) groups is 1. The fourth-order valence-electron chi connectivity index (χ4n) is 1.09. The van der Waals surface area contributed by atoms with Gasteiger partial charge in [-0.15, -0.1) is 11.3 Å². The van der Waals surface area contributed by atoms with Crippen molar-refractivity contribution in [2.24, 2.45) is 0 Å². The Hall–Kier alpha value is -0.720. The SMILES string of the molecule is O=C(Nc1cc(Br)ccn1)c1ccc(Br)s1. The van der Waals surface area contributed by atoms with E-state index in [1.165, 1.54) is 11.3 Å². The predicted octanol–water partition coefficient (Wildman–Crippen LogP) is 3.92. The van der Waals surface area contributed by atoms with Gasteiger partial charge in [0.15, 0.2) is 0 Å². The van der Waals surface area contributed by atoms with Gasteiger partial charge in [-0.1, -0.05) is 15.9 Å². The van der Waals surface area contributed by atoms with Crippen molar-refractivity contribution < 1.29 is 4.79 Å². The number of nitrogens with zero attached hydrogens (tertiary/aromatic N) is 1. The average molecular weight is 362 g/mol. The highest BCUT2D eigenvalue weighted by molar-refractivity contribution is 9.11. The molecule has 2 heterocycles. The van der Waals surface area contributed by atoms with Crippen LogP contribution in [-0.2, 0) is 0 Å². The van der Waals surface area contributed by atoms with Crippen LogP contribution in [0.1, 0.15) is 9.67 Å². The fourth-order valence-corrected chi connectivity index (χ4v) is 2.70. The van der Waals surface area contributed by atoms with Gasteiger partial charge in [0.25, 0.3) is 5.91 Å². The minimum absolute atomic E-state index is 0.152. The van der Waals surface area contributed by atoms with E-state index < -0.39 is 0 Å². The molecule has 3 nitrogen and oxygen atoms in total. The normalized spacial score (nSPS) is 10.1. The number of pyridine rings is 1. The number of rotatable bonds is 2. The van der Waals surface area contributed by atoms with Gasteiger partial charge in [0.2, 0.25) is 0 Å². The Morgan fingerprint density at radius 1 is 1.31 bits per heavy atom. The number of halogens is 2. The van der Waals surface area contributed by atoms with Crippen LogP contribution in [0.3, 0.4) is 0 Å². The Bertz CT molecular complexity index is 527. The molecule has 0 saturated carbocycles. The van der Waals surface area contributed by atoms with E-state index in [4.69, 9.17) is 0 Å². The average Bonchev–Trinajstić information content (AvgIpc) is 2.65. The molecule has 16 heavy (non-hydrogen) atoms. The van der Waals surface area contributed by atoms with Gasteiger partial charge in [-0.25, -0.2) is 4.98 Å². The molecule has 0 aromatic carbocycles. The molecule has 0 bridgehead atoms. The molecule has 0 radical (unpaired) electrons. The molecule has 0 saturated heterocycles. The molecule has 0 atom stereocenters. The first-order chi connectivity index (χ1) is 7.65. The fraction of sp³-hybridized carbons (Fsp3) is 0. The van der Waals surface area contributed by atoms with Crippen LogP contribution in [0, 0.1) is 0 Å². The summed E-state index contributed by atoms with van der Waals surface area (Å²) in [5.74, 6) is 0.380. The molecule has 82 valence electrons. The quantitative estimate of drug-likeness (QED) is 0.880. The third-order valence-corrected chi connectivity index (χ3v) is 3.88.